The fourth-order valence-corrected chi connectivity index (χ4v) is 4.35. The Balaban J connectivity index is 1.69. The van der Waals surface area contributed by atoms with Crippen molar-refractivity contribution in [3.8, 4) is 11.1 Å². The smallest absolute Gasteiger partial charge is 0.254 e. The van der Waals surface area contributed by atoms with Gasteiger partial charge in [0.1, 0.15) is 11.9 Å². The van der Waals surface area contributed by atoms with E-state index < -0.39 is 6.04 Å². The third-order valence-electron chi connectivity index (χ3n) is 6.00. The zero-order valence-electron chi connectivity index (χ0n) is 19.1. The Morgan fingerprint density at radius 3 is 2.73 bits per heavy atom. The number of amides is 2. The highest BCUT2D eigenvalue weighted by atomic mass is 16.2. The van der Waals surface area contributed by atoms with Crippen LogP contribution in [0.5, 0.6) is 0 Å². The highest BCUT2D eigenvalue weighted by molar-refractivity contribution is 5.98. The number of anilines is 1. The van der Waals surface area contributed by atoms with Crippen molar-refractivity contribution in [2.75, 3.05) is 32.0 Å². The van der Waals surface area contributed by atoms with Gasteiger partial charge in [-0.1, -0.05) is 37.3 Å². The number of rotatable bonds is 7. The summed E-state index contributed by atoms with van der Waals surface area (Å²) in [7, 11) is 1.77. The van der Waals surface area contributed by atoms with Gasteiger partial charge in [-0.25, -0.2) is 4.98 Å². The Labute approximate surface area is 194 Å². The summed E-state index contributed by atoms with van der Waals surface area (Å²) >= 11 is 0. The molecule has 0 bridgehead atoms. The van der Waals surface area contributed by atoms with Gasteiger partial charge in [-0.05, 0) is 35.7 Å². The highest BCUT2D eigenvalue weighted by Crippen LogP contribution is 2.27. The lowest BCUT2D eigenvalue weighted by Crippen LogP contribution is -2.59. The Kier molecular flexibility index (Phi) is 6.98. The number of pyridine rings is 2. The second-order valence-electron chi connectivity index (χ2n) is 8.12. The topological polar surface area (TPSA) is 78.4 Å². The predicted molar refractivity (Wildman–Crippen MR) is 129 cm³/mol. The fourth-order valence-electron chi connectivity index (χ4n) is 4.35. The normalized spacial score (nSPS) is 16.1. The quantitative estimate of drug-likeness (QED) is 0.605. The molecule has 3 aromatic rings. The summed E-state index contributed by atoms with van der Waals surface area (Å²) < 4.78 is 0. The van der Waals surface area contributed by atoms with Crippen LogP contribution < -0.4 is 5.32 Å². The van der Waals surface area contributed by atoms with Gasteiger partial charge >= 0.3 is 0 Å². The van der Waals surface area contributed by atoms with Crippen LogP contribution in [-0.2, 0) is 11.2 Å². The van der Waals surface area contributed by atoms with E-state index in [0.717, 1.165) is 23.1 Å². The van der Waals surface area contributed by atoms with Gasteiger partial charge in [0, 0.05) is 62.8 Å². The zero-order valence-corrected chi connectivity index (χ0v) is 19.1. The Morgan fingerprint density at radius 2 is 1.97 bits per heavy atom. The number of hydrogen-bond acceptors (Lipinski definition) is 5. The van der Waals surface area contributed by atoms with Crippen LogP contribution in [0.4, 0.5) is 5.82 Å². The Hall–Kier alpha value is -3.74. The maximum absolute atomic E-state index is 13.5. The third kappa shape index (κ3) is 4.87. The van der Waals surface area contributed by atoms with E-state index in [2.05, 4.69) is 22.2 Å². The van der Waals surface area contributed by atoms with E-state index in [1.807, 2.05) is 47.5 Å². The second-order valence-corrected chi connectivity index (χ2v) is 8.12. The molecule has 1 fully saturated rings. The van der Waals surface area contributed by atoms with Gasteiger partial charge in [0.05, 0.1) is 0 Å². The lowest BCUT2D eigenvalue weighted by Gasteiger charge is -2.41. The summed E-state index contributed by atoms with van der Waals surface area (Å²) in [5.41, 5.74) is 3.56. The van der Waals surface area contributed by atoms with E-state index in [9.17, 15) is 9.59 Å². The first-order chi connectivity index (χ1) is 16.1. The van der Waals surface area contributed by atoms with Crippen molar-refractivity contribution in [1.82, 2.24) is 19.8 Å². The molecule has 1 aliphatic rings. The molecule has 0 spiro atoms. The van der Waals surface area contributed by atoms with Gasteiger partial charge < -0.3 is 15.1 Å². The van der Waals surface area contributed by atoms with Crippen LogP contribution in [0.25, 0.3) is 11.1 Å². The van der Waals surface area contributed by atoms with Crippen LogP contribution in [-0.4, -0.2) is 64.3 Å². The summed E-state index contributed by atoms with van der Waals surface area (Å²) in [6.07, 6.45) is 6.51. The zero-order chi connectivity index (χ0) is 23.2. The van der Waals surface area contributed by atoms with Crippen molar-refractivity contribution in [3.63, 3.8) is 0 Å². The Morgan fingerprint density at radius 1 is 1.12 bits per heavy atom. The first-order valence-corrected chi connectivity index (χ1v) is 11.3. The minimum atomic E-state index is -0.568. The average molecular weight is 444 g/mol. The van der Waals surface area contributed by atoms with Crippen molar-refractivity contribution in [2.45, 2.75) is 25.8 Å². The molecule has 170 valence electrons. The molecule has 2 aromatic heterocycles. The summed E-state index contributed by atoms with van der Waals surface area (Å²) in [5, 5.41) is 2.97. The van der Waals surface area contributed by atoms with E-state index in [1.165, 1.54) is 0 Å². The molecule has 0 unspecified atom stereocenters. The van der Waals surface area contributed by atoms with Crippen LogP contribution in [0.15, 0.2) is 67.1 Å². The van der Waals surface area contributed by atoms with E-state index in [1.54, 1.807) is 36.5 Å². The van der Waals surface area contributed by atoms with Gasteiger partial charge in [-0.15, -0.1) is 0 Å². The molecular weight excluding hydrogens is 414 g/mol. The number of carbonyl (C=O) groups is 2. The van der Waals surface area contributed by atoms with Gasteiger partial charge in [-0.2, -0.15) is 0 Å². The number of benzene rings is 1. The molecule has 0 radical (unpaired) electrons. The number of hydrogen-bond donors (Lipinski definition) is 1. The number of carbonyl (C=O) groups excluding carboxylic acids is 2. The standard InChI is InChI=1S/C26H29N5O2/c1-3-13-30-14-15-31(25(32)20-10-12-29-24(17-20)27-2)23(26(30)33)16-19-7-4-5-9-22(19)21-8-6-11-28-18-21/h4-12,17-18,23H,3,13-16H2,1-2H3,(H,27,29)/t23-/m1/s1. The third-order valence-corrected chi connectivity index (χ3v) is 6.00. The molecule has 4 rings (SSSR count). The minimum absolute atomic E-state index is 0.000311. The molecule has 1 aliphatic heterocycles. The van der Waals surface area contributed by atoms with Crippen LogP contribution in [0.2, 0.25) is 0 Å². The van der Waals surface area contributed by atoms with Gasteiger partial charge in [-0.3, -0.25) is 14.6 Å². The summed E-state index contributed by atoms with van der Waals surface area (Å²) in [5.74, 6) is 0.470. The van der Waals surface area contributed by atoms with Crippen molar-refractivity contribution in [2.24, 2.45) is 0 Å². The van der Waals surface area contributed by atoms with Crippen LogP contribution in [0.3, 0.4) is 0 Å². The molecule has 0 aliphatic carbocycles. The number of piperazine rings is 1. The van der Waals surface area contributed by atoms with Gasteiger partial charge in [0.25, 0.3) is 5.91 Å². The second kappa shape index (κ2) is 10.3. The molecule has 7 nitrogen and oxygen atoms in total. The maximum atomic E-state index is 13.5. The molecule has 1 saturated heterocycles. The predicted octanol–water partition coefficient (Wildman–Crippen LogP) is 3.49. The first-order valence-electron chi connectivity index (χ1n) is 11.3. The van der Waals surface area contributed by atoms with Crippen LogP contribution in [0.1, 0.15) is 29.3 Å². The van der Waals surface area contributed by atoms with Crippen LogP contribution in [0, 0.1) is 0 Å². The molecule has 33 heavy (non-hydrogen) atoms. The molecule has 1 N–H and O–H groups in total. The van der Waals surface area contributed by atoms with E-state index in [-0.39, 0.29) is 11.8 Å². The molecule has 0 saturated carbocycles. The van der Waals surface area contributed by atoms with Crippen molar-refractivity contribution in [1.29, 1.82) is 0 Å². The number of nitrogens with one attached hydrogen (secondary N) is 1. The summed E-state index contributed by atoms with van der Waals surface area (Å²) in [6, 6.07) is 14.8. The van der Waals surface area contributed by atoms with Crippen molar-refractivity contribution >= 4 is 17.6 Å². The van der Waals surface area contributed by atoms with Crippen molar-refractivity contribution < 1.29 is 9.59 Å². The van der Waals surface area contributed by atoms with Gasteiger partial charge in [0.2, 0.25) is 5.91 Å². The molecular formula is C26H29N5O2. The van der Waals surface area contributed by atoms with Crippen LogP contribution >= 0.6 is 0 Å². The highest BCUT2D eigenvalue weighted by Gasteiger charge is 2.37. The summed E-state index contributed by atoms with van der Waals surface area (Å²) in [4.78, 5) is 39.1. The number of nitrogens with zero attached hydrogens (tertiary/aromatic N) is 4. The molecule has 2 amide bonds. The number of aromatic nitrogens is 2. The Bertz CT molecular complexity index is 1120. The monoisotopic (exact) mass is 443 g/mol. The lowest BCUT2D eigenvalue weighted by atomic mass is 9.93. The SMILES string of the molecule is CCCN1CCN(C(=O)c2ccnc(NC)c2)[C@H](Cc2ccccc2-c2cccnc2)C1=O. The molecule has 3 heterocycles. The first kappa shape index (κ1) is 22.5. The van der Waals surface area contributed by atoms with Gasteiger partial charge in [0.15, 0.2) is 0 Å². The van der Waals surface area contributed by atoms with E-state index in [4.69, 9.17) is 0 Å². The van der Waals surface area contributed by atoms with Crippen molar-refractivity contribution in [3.05, 3.63) is 78.2 Å². The molecule has 1 atom stereocenters. The fraction of sp³-hybridized carbons (Fsp3) is 0.308. The minimum Gasteiger partial charge on any atom is -0.373 e. The van der Waals surface area contributed by atoms with E-state index in [0.29, 0.717) is 37.4 Å². The average Bonchev–Trinajstić information content (AvgIpc) is 2.87. The maximum Gasteiger partial charge on any atom is 0.254 e. The largest absolute Gasteiger partial charge is 0.373 e. The molecule has 1 aromatic carbocycles. The lowest BCUT2D eigenvalue weighted by molar-refractivity contribution is -0.140. The molecule has 7 heteroatoms. The summed E-state index contributed by atoms with van der Waals surface area (Å²) in [6.45, 7) is 3.80. The van der Waals surface area contributed by atoms with E-state index >= 15 is 0 Å².